The molecule has 0 atom stereocenters. The van der Waals surface area contributed by atoms with Crippen molar-refractivity contribution in [1.82, 2.24) is 5.32 Å². The van der Waals surface area contributed by atoms with E-state index in [9.17, 15) is 4.79 Å². The van der Waals surface area contributed by atoms with Crippen LogP contribution in [-0.2, 0) is 16.0 Å². The Morgan fingerprint density at radius 3 is 2.42 bits per heavy atom. The Morgan fingerprint density at radius 1 is 1.08 bits per heavy atom. The van der Waals surface area contributed by atoms with Crippen molar-refractivity contribution in [2.24, 2.45) is 0 Å². The van der Waals surface area contributed by atoms with E-state index >= 15 is 0 Å². The average Bonchev–Trinajstić information content (AvgIpc) is 2.60. The van der Waals surface area contributed by atoms with Crippen molar-refractivity contribution < 1.29 is 9.53 Å². The molecule has 0 aromatic heterocycles. The van der Waals surface area contributed by atoms with Crippen LogP contribution in [0.2, 0.25) is 0 Å². The van der Waals surface area contributed by atoms with Gasteiger partial charge in [-0.15, -0.1) is 11.8 Å². The van der Waals surface area contributed by atoms with E-state index in [4.69, 9.17) is 4.74 Å². The lowest BCUT2D eigenvalue weighted by Gasteiger charge is -2.19. The molecule has 1 amide bonds. The van der Waals surface area contributed by atoms with E-state index in [2.05, 4.69) is 57.3 Å². The first-order chi connectivity index (χ1) is 12.4. The van der Waals surface area contributed by atoms with Gasteiger partial charge in [0.2, 0.25) is 5.91 Å². The molecule has 1 N–H and O–H groups in total. The van der Waals surface area contributed by atoms with Gasteiger partial charge in [-0.3, -0.25) is 4.79 Å². The highest BCUT2D eigenvalue weighted by Crippen LogP contribution is 2.24. The number of benzene rings is 2. The van der Waals surface area contributed by atoms with Crippen LogP contribution < -0.4 is 10.1 Å². The van der Waals surface area contributed by atoms with Gasteiger partial charge in [-0.1, -0.05) is 57.2 Å². The minimum atomic E-state index is 0.0512. The van der Waals surface area contributed by atoms with Crippen LogP contribution >= 0.6 is 11.8 Å². The van der Waals surface area contributed by atoms with Crippen molar-refractivity contribution in [3.05, 3.63) is 65.2 Å². The summed E-state index contributed by atoms with van der Waals surface area (Å²) in [6.07, 6.45) is 0. The maximum absolute atomic E-state index is 11.9. The Labute approximate surface area is 161 Å². The second kappa shape index (κ2) is 9.67. The summed E-state index contributed by atoms with van der Waals surface area (Å²) in [5, 5.41) is 2.90. The van der Waals surface area contributed by atoms with E-state index in [1.165, 1.54) is 16.7 Å². The SMILES string of the molecule is Cc1ccccc1CSCC(=O)NCCOc1ccc(C(C)(C)C)cc1. The van der Waals surface area contributed by atoms with Gasteiger partial charge in [0, 0.05) is 5.75 Å². The molecule has 0 aliphatic heterocycles. The number of carbonyl (C=O) groups excluding carboxylic acids is 1. The van der Waals surface area contributed by atoms with Gasteiger partial charge in [0.05, 0.1) is 12.3 Å². The number of aryl methyl sites for hydroxylation is 1. The Balaban J connectivity index is 1.62. The molecule has 2 aromatic carbocycles. The van der Waals surface area contributed by atoms with Crippen molar-refractivity contribution in [2.75, 3.05) is 18.9 Å². The maximum Gasteiger partial charge on any atom is 0.230 e. The Morgan fingerprint density at radius 2 is 1.77 bits per heavy atom. The molecule has 0 heterocycles. The van der Waals surface area contributed by atoms with Crippen LogP contribution in [0.4, 0.5) is 0 Å². The highest BCUT2D eigenvalue weighted by molar-refractivity contribution is 7.99. The van der Waals surface area contributed by atoms with Gasteiger partial charge in [-0.25, -0.2) is 0 Å². The van der Waals surface area contributed by atoms with E-state index in [0.29, 0.717) is 18.9 Å². The van der Waals surface area contributed by atoms with E-state index in [-0.39, 0.29) is 11.3 Å². The molecule has 0 bridgehead atoms. The first-order valence-corrected chi connectivity index (χ1v) is 10.1. The highest BCUT2D eigenvalue weighted by atomic mass is 32.2. The molecule has 3 nitrogen and oxygen atoms in total. The fourth-order valence-corrected chi connectivity index (χ4v) is 3.42. The first-order valence-electron chi connectivity index (χ1n) is 8.98. The van der Waals surface area contributed by atoms with Crippen molar-refractivity contribution in [1.29, 1.82) is 0 Å². The number of rotatable bonds is 8. The Hall–Kier alpha value is -1.94. The van der Waals surface area contributed by atoms with E-state index in [0.717, 1.165) is 11.5 Å². The standard InChI is InChI=1S/C22H29NO2S/c1-17-7-5-6-8-18(17)15-26-16-21(24)23-13-14-25-20-11-9-19(10-12-20)22(2,3)4/h5-12H,13-16H2,1-4H3,(H,23,24). The molecule has 0 aliphatic rings. The zero-order chi connectivity index (χ0) is 19.0. The average molecular weight is 372 g/mol. The number of carbonyl (C=O) groups is 1. The molecule has 2 rings (SSSR count). The zero-order valence-corrected chi connectivity index (χ0v) is 17.0. The molecule has 4 heteroatoms. The number of amides is 1. The molecule has 0 fully saturated rings. The quantitative estimate of drug-likeness (QED) is 0.682. The summed E-state index contributed by atoms with van der Waals surface area (Å²) in [6, 6.07) is 16.4. The zero-order valence-electron chi connectivity index (χ0n) is 16.2. The van der Waals surface area contributed by atoms with Crippen molar-refractivity contribution in [3.8, 4) is 5.75 Å². The summed E-state index contributed by atoms with van der Waals surface area (Å²) in [7, 11) is 0. The topological polar surface area (TPSA) is 38.3 Å². The second-order valence-electron chi connectivity index (χ2n) is 7.39. The molecule has 0 aliphatic carbocycles. The van der Waals surface area contributed by atoms with Crippen molar-refractivity contribution >= 4 is 17.7 Å². The number of thioether (sulfide) groups is 1. The summed E-state index contributed by atoms with van der Waals surface area (Å²) in [4.78, 5) is 11.9. The molecule has 0 saturated carbocycles. The monoisotopic (exact) mass is 371 g/mol. The molecule has 0 spiro atoms. The second-order valence-corrected chi connectivity index (χ2v) is 8.38. The van der Waals surface area contributed by atoms with Gasteiger partial charge in [0.1, 0.15) is 12.4 Å². The van der Waals surface area contributed by atoms with E-state index in [1.807, 2.05) is 24.3 Å². The van der Waals surface area contributed by atoms with Crippen LogP contribution in [0.25, 0.3) is 0 Å². The number of hydrogen-bond donors (Lipinski definition) is 1. The maximum atomic E-state index is 11.9. The van der Waals surface area contributed by atoms with Crippen LogP contribution in [0.1, 0.15) is 37.5 Å². The summed E-state index contributed by atoms with van der Waals surface area (Å²) in [5.74, 6) is 2.21. The largest absolute Gasteiger partial charge is 0.492 e. The normalized spacial score (nSPS) is 11.2. The number of nitrogens with one attached hydrogen (secondary N) is 1. The lowest BCUT2D eigenvalue weighted by atomic mass is 9.87. The smallest absolute Gasteiger partial charge is 0.230 e. The first kappa shape index (κ1) is 20.4. The molecule has 0 radical (unpaired) electrons. The lowest BCUT2D eigenvalue weighted by Crippen LogP contribution is -2.29. The Kier molecular flexibility index (Phi) is 7.58. The third-order valence-corrected chi connectivity index (χ3v) is 5.15. The number of hydrogen-bond acceptors (Lipinski definition) is 3. The summed E-state index contributed by atoms with van der Waals surface area (Å²) in [6.45, 7) is 9.66. The molecule has 26 heavy (non-hydrogen) atoms. The van der Waals surface area contributed by atoms with Crippen LogP contribution in [0.3, 0.4) is 0 Å². The third-order valence-electron chi connectivity index (χ3n) is 4.17. The molecule has 140 valence electrons. The van der Waals surface area contributed by atoms with E-state index in [1.54, 1.807) is 11.8 Å². The third kappa shape index (κ3) is 6.75. The summed E-state index contributed by atoms with van der Waals surface area (Å²) < 4.78 is 5.69. The highest BCUT2D eigenvalue weighted by Gasteiger charge is 2.12. The van der Waals surface area contributed by atoms with Crippen LogP contribution in [-0.4, -0.2) is 24.8 Å². The van der Waals surface area contributed by atoms with Crippen molar-refractivity contribution in [3.63, 3.8) is 0 Å². The predicted octanol–water partition coefficient (Wildman–Crippen LogP) is 4.72. The van der Waals surface area contributed by atoms with Gasteiger partial charge in [-0.2, -0.15) is 0 Å². The van der Waals surface area contributed by atoms with Gasteiger partial charge in [0.15, 0.2) is 0 Å². The predicted molar refractivity (Wildman–Crippen MR) is 111 cm³/mol. The summed E-state index contributed by atoms with van der Waals surface area (Å²) in [5.41, 5.74) is 3.98. The minimum absolute atomic E-state index is 0.0512. The van der Waals surface area contributed by atoms with Crippen LogP contribution in [0.5, 0.6) is 5.75 Å². The molecule has 0 saturated heterocycles. The lowest BCUT2D eigenvalue weighted by molar-refractivity contribution is -0.118. The fourth-order valence-electron chi connectivity index (χ4n) is 2.49. The van der Waals surface area contributed by atoms with Gasteiger partial charge >= 0.3 is 0 Å². The molecular formula is C22H29NO2S. The summed E-state index contributed by atoms with van der Waals surface area (Å²) >= 11 is 1.63. The van der Waals surface area contributed by atoms with Crippen LogP contribution in [0, 0.1) is 6.92 Å². The molecule has 2 aromatic rings. The van der Waals surface area contributed by atoms with Crippen molar-refractivity contribution in [2.45, 2.75) is 38.9 Å². The molecule has 0 unspecified atom stereocenters. The fraction of sp³-hybridized carbons (Fsp3) is 0.409. The van der Waals surface area contributed by atoms with Gasteiger partial charge in [-0.05, 0) is 41.2 Å². The minimum Gasteiger partial charge on any atom is -0.492 e. The van der Waals surface area contributed by atoms with Gasteiger partial charge in [0.25, 0.3) is 0 Å². The van der Waals surface area contributed by atoms with E-state index < -0.39 is 0 Å². The molecular weight excluding hydrogens is 342 g/mol. The van der Waals surface area contributed by atoms with Gasteiger partial charge < -0.3 is 10.1 Å². The van der Waals surface area contributed by atoms with Crippen LogP contribution in [0.15, 0.2) is 48.5 Å². The number of ether oxygens (including phenoxy) is 1. The Bertz CT molecular complexity index is 705.